The summed E-state index contributed by atoms with van der Waals surface area (Å²) in [6.07, 6.45) is -7.70. The van der Waals surface area contributed by atoms with E-state index < -0.39 is 144 Å². The van der Waals surface area contributed by atoms with Gasteiger partial charge in [0, 0.05) is 41.5 Å². The number of carbonyl (C=O) groups excluding carboxylic acids is 10. The van der Waals surface area contributed by atoms with Crippen molar-refractivity contribution in [3.63, 3.8) is 0 Å². The minimum Gasteiger partial charge on any atom is -0.458 e. The van der Waals surface area contributed by atoms with Gasteiger partial charge in [0.15, 0.2) is 24.2 Å². The van der Waals surface area contributed by atoms with Gasteiger partial charge in [-0.15, -0.1) is 0 Å². The van der Waals surface area contributed by atoms with Crippen LogP contribution in [0.3, 0.4) is 0 Å². The Morgan fingerprint density at radius 3 is 1.91 bits per heavy atom. The monoisotopic (exact) mass is 945 g/mol. The number of hydrogen-bond donors (Lipinski definition) is 6. The molecule has 22 heteroatoms. The fourth-order valence-corrected chi connectivity index (χ4v) is 6.65. The maximum absolute atomic E-state index is 14.6. The minimum atomic E-state index is -1.87. The van der Waals surface area contributed by atoms with E-state index in [1.807, 2.05) is 0 Å². The van der Waals surface area contributed by atoms with Crippen molar-refractivity contribution in [1.82, 2.24) is 36.4 Å². The van der Waals surface area contributed by atoms with Gasteiger partial charge in [-0.05, 0) is 45.1 Å². The van der Waals surface area contributed by atoms with E-state index >= 15 is 0 Å². The molecule has 1 aliphatic rings. The number of benzene rings is 1. The van der Waals surface area contributed by atoms with Crippen molar-refractivity contribution in [3.8, 4) is 0 Å². The highest BCUT2D eigenvalue weighted by molar-refractivity contribution is 6.01. The van der Waals surface area contributed by atoms with E-state index in [0.717, 1.165) is 23.6 Å². The smallest absolute Gasteiger partial charge is 0.333 e. The van der Waals surface area contributed by atoms with Crippen LogP contribution in [-0.4, -0.2) is 162 Å². The maximum Gasteiger partial charge on any atom is 0.333 e. The third-order valence-corrected chi connectivity index (χ3v) is 11.1. The van der Waals surface area contributed by atoms with Crippen molar-refractivity contribution >= 4 is 59.3 Å². The molecule has 0 unspecified atom stereocenters. The maximum atomic E-state index is 14.6. The van der Waals surface area contributed by atoms with Crippen molar-refractivity contribution < 1.29 is 72.0 Å². The molecule has 0 aliphatic carbocycles. The van der Waals surface area contributed by atoms with E-state index in [2.05, 4.69) is 33.2 Å². The van der Waals surface area contributed by atoms with Crippen molar-refractivity contribution in [2.75, 3.05) is 21.2 Å². The Bertz CT molecular complexity index is 2000. The number of rotatable bonds is 12. The highest BCUT2D eigenvalue weighted by Gasteiger charge is 2.44. The molecule has 0 spiro atoms. The van der Waals surface area contributed by atoms with E-state index in [4.69, 9.17) is 18.9 Å². The van der Waals surface area contributed by atoms with Crippen LogP contribution in [0.5, 0.6) is 0 Å². The van der Waals surface area contributed by atoms with Crippen LogP contribution in [0.4, 0.5) is 0 Å². The van der Waals surface area contributed by atoms with Gasteiger partial charge in [0.2, 0.25) is 29.5 Å². The molecule has 372 valence electrons. The molecule has 1 aromatic carbocycles. The first-order valence-corrected chi connectivity index (χ1v) is 21.7. The Balaban J connectivity index is 2.84. The number of esters is 3. The quantitative estimate of drug-likeness (QED) is 0.0833. The molecule has 2 rings (SSSR count). The van der Waals surface area contributed by atoms with E-state index in [1.165, 1.54) is 62.7 Å². The highest BCUT2D eigenvalue weighted by Crippen LogP contribution is 2.19. The van der Waals surface area contributed by atoms with E-state index in [0.29, 0.717) is 5.56 Å². The average molecular weight is 946 g/mol. The van der Waals surface area contributed by atoms with E-state index in [9.17, 15) is 53.1 Å². The zero-order valence-corrected chi connectivity index (χ0v) is 40.4. The summed E-state index contributed by atoms with van der Waals surface area (Å²) in [5.74, 6) is -11.4. The number of nitrogens with one attached hydrogen (secondary N) is 5. The fraction of sp³-hybridized carbons (Fsp3) is 0.600. The number of methoxy groups -OCH3 is 1. The standard InChI is InChI=1S/C45H67N7O15/c1-21(2)36(55)34(48-29(11)54)45(63)67-37(22(3)4)35-40(58)49-32(26(8)64-14)43(61)65-27(9)33(47-28(10)53)44(62)66-31(20-30-18-16-15-17-19-30)42(60)52(13)24(6)38(56)46-23(5)41(59)51(12)25(7)39(57)50-35/h15-19,21-23,25-27,31-37,55H,6,20H2,1-5,7-14H3,(H,46,56)(H,47,53)(H,48,54)(H,49,58)(H,50,57)/t23-,25-,26+,27+,31+,32-,33-,34-,35-,36+,37+/m0/s1. The van der Waals surface area contributed by atoms with Crippen molar-refractivity contribution in [1.29, 1.82) is 0 Å². The lowest BCUT2D eigenvalue weighted by Crippen LogP contribution is -2.63. The highest BCUT2D eigenvalue weighted by atomic mass is 16.6. The van der Waals surface area contributed by atoms with Crippen LogP contribution in [-0.2, 0) is 73.3 Å². The van der Waals surface area contributed by atoms with Crippen molar-refractivity contribution in [3.05, 3.63) is 48.2 Å². The molecule has 1 fully saturated rings. The summed E-state index contributed by atoms with van der Waals surface area (Å²) in [5, 5.41) is 23.0. The largest absolute Gasteiger partial charge is 0.458 e. The molecule has 67 heavy (non-hydrogen) atoms. The second kappa shape index (κ2) is 25.5. The van der Waals surface area contributed by atoms with Gasteiger partial charge < -0.3 is 60.4 Å². The summed E-state index contributed by atoms with van der Waals surface area (Å²) in [6.45, 7) is 17.3. The summed E-state index contributed by atoms with van der Waals surface area (Å²) in [5.41, 5.74) is 0.0493. The van der Waals surface area contributed by atoms with Gasteiger partial charge >= 0.3 is 17.9 Å². The zero-order chi connectivity index (χ0) is 51.2. The Morgan fingerprint density at radius 2 is 1.39 bits per heavy atom. The molecule has 11 atom stereocenters. The van der Waals surface area contributed by atoms with Crippen LogP contribution in [0.2, 0.25) is 0 Å². The third-order valence-electron chi connectivity index (χ3n) is 11.1. The van der Waals surface area contributed by atoms with Crippen molar-refractivity contribution in [2.45, 2.75) is 142 Å². The van der Waals surface area contributed by atoms with Crippen LogP contribution >= 0.6 is 0 Å². The Kier molecular flexibility index (Phi) is 21.6. The van der Waals surface area contributed by atoms with E-state index in [-0.39, 0.29) is 6.42 Å². The molecule has 0 saturated carbocycles. The SMILES string of the molecule is C=C1C(=O)N[C@@H](C)C(=O)N(C)[C@@H](C)C(=O)N[C@@H]([C@H](OC(=O)[C@@H](NC(C)=O)[C@H](O)C(C)C)C(C)C)C(=O)N[C@@H]([C@@H](C)OC)C(=O)O[C@H](C)[C@H](NC(C)=O)C(=O)O[C@H](Cc2ccccc2)C(=O)N1C. The van der Waals surface area contributed by atoms with Gasteiger partial charge in [-0.1, -0.05) is 64.6 Å². The lowest BCUT2D eigenvalue weighted by molar-refractivity contribution is -0.170. The number of carbonyl (C=O) groups is 10. The normalized spacial score (nSPS) is 25.2. The summed E-state index contributed by atoms with van der Waals surface area (Å²) in [4.78, 5) is 138. The molecular weight excluding hydrogens is 879 g/mol. The molecule has 0 aromatic heterocycles. The number of aliphatic hydroxyl groups excluding tert-OH is 1. The molecular formula is C45H67N7O15. The molecule has 1 aromatic rings. The predicted octanol–water partition coefficient (Wildman–Crippen LogP) is -0.991. The van der Waals surface area contributed by atoms with E-state index in [1.54, 1.807) is 44.2 Å². The Hall–Kier alpha value is -6.42. The lowest BCUT2D eigenvalue weighted by Gasteiger charge is -2.35. The number of cyclic esters (lactones) is 2. The van der Waals surface area contributed by atoms with Gasteiger partial charge in [0.1, 0.15) is 36.0 Å². The molecule has 1 saturated heterocycles. The minimum absolute atomic E-state index is 0.231. The summed E-state index contributed by atoms with van der Waals surface area (Å²) < 4.78 is 22.6. The first kappa shape index (κ1) is 56.7. The molecule has 0 radical (unpaired) electrons. The van der Waals surface area contributed by atoms with Gasteiger partial charge in [-0.3, -0.25) is 33.6 Å². The van der Waals surface area contributed by atoms with Crippen LogP contribution in [0.1, 0.15) is 74.8 Å². The Labute approximate surface area is 390 Å². The predicted molar refractivity (Wildman–Crippen MR) is 238 cm³/mol. The molecule has 0 bridgehead atoms. The van der Waals surface area contributed by atoms with Gasteiger partial charge in [0.05, 0.1) is 12.2 Å². The van der Waals surface area contributed by atoms with Crippen molar-refractivity contribution in [2.24, 2.45) is 11.8 Å². The average Bonchev–Trinajstić information content (AvgIpc) is 3.27. The first-order valence-electron chi connectivity index (χ1n) is 21.7. The summed E-state index contributed by atoms with van der Waals surface area (Å²) in [6, 6.07) is -1.39. The van der Waals surface area contributed by atoms with Gasteiger partial charge in [-0.25, -0.2) is 14.4 Å². The Morgan fingerprint density at radius 1 is 0.806 bits per heavy atom. The number of ether oxygens (including phenoxy) is 4. The fourth-order valence-electron chi connectivity index (χ4n) is 6.65. The lowest BCUT2D eigenvalue weighted by atomic mass is 9.96. The number of hydrogen-bond acceptors (Lipinski definition) is 15. The number of amides is 7. The zero-order valence-electron chi connectivity index (χ0n) is 40.4. The van der Waals surface area contributed by atoms with Crippen LogP contribution in [0, 0.1) is 11.8 Å². The van der Waals surface area contributed by atoms with Crippen LogP contribution in [0.15, 0.2) is 42.6 Å². The van der Waals surface area contributed by atoms with Gasteiger partial charge in [-0.2, -0.15) is 0 Å². The molecule has 6 N–H and O–H groups in total. The topological polar surface area (TPSA) is 294 Å². The molecule has 1 aliphatic heterocycles. The summed E-state index contributed by atoms with van der Waals surface area (Å²) >= 11 is 0. The first-order chi connectivity index (χ1) is 31.1. The van der Waals surface area contributed by atoms with Crippen LogP contribution in [0.25, 0.3) is 0 Å². The number of aliphatic hydroxyl groups is 1. The van der Waals surface area contributed by atoms with Crippen LogP contribution < -0.4 is 26.6 Å². The second-order valence-electron chi connectivity index (χ2n) is 17.1. The number of likely N-dealkylation sites (N-methyl/N-ethyl adjacent to an activating group) is 2. The molecule has 1 heterocycles. The summed E-state index contributed by atoms with van der Waals surface area (Å²) in [7, 11) is 3.63. The van der Waals surface area contributed by atoms with Gasteiger partial charge in [0.25, 0.3) is 11.8 Å². The second-order valence-corrected chi connectivity index (χ2v) is 17.1. The molecule has 22 nitrogen and oxygen atoms in total. The number of nitrogens with zero attached hydrogens (tertiary/aromatic N) is 2. The third kappa shape index (κ3) is 15.9. The molecule has 7 amide bonds.